The molecule has 4 N–H and O–H groups in total. The number of nitrogens with one attached hydrogen (secondary N) is 2. The van der Waals surface area contributed by atoms with Crippen molar-refractivity contribution in [3.63, 3.8) is 0 Å². The molecular weight excluding hydrogens is 231 g/mol. The lowest BCUT2D eigenvalue weighted by Crippen LogP contribution is -2.12. The van der Waals surface area contributed by atoms with E-state index in [2.05, 4.69) is 15.7 Å². The van der Waals surface area contributed by atoms with Crippen LogP contribution in [-0.2, 0) is 0 Å². The van der Waals surface area contributed by atoms with Gasteiger partial charge in [-0.1, -0.05) is 24.3 Å². The van der Waals surface area contributed by atoms with Crippen LogP contribution >= 0.6 is 0 Å². The fourth-order valence-electron chi connectivity index (χ4n) is 1.72. The highest BCUT2D eigenvalue weighted by Crippen LogP contribution is 2.20. The molecule has 0 spiro atoms. The first kappa shape index (κ1) is 12.3. The van der Waals surface area contributed by atoms with Crippen molar-refractivity contribution in [1.29, 1.82) is 0 Å². The van der Waals surface area contributed by atoms with Crippen LogP contribution in [0.1, 0.15) is 18.5 Å². The van der Waals surface area contributed by atoms with Crippen LogP contribution in [-0.4, -0.2) is 4.98 Å². The zero-order valence-electron chi connectivity index (χ0n) is 10.0. The lowest BCUT2D eigenvalue weighted by molar-refractivity contribution is 0.600. The quantitative estimate of drug-likeness (QED) is 0.573. The summed E-state index contributed by atoms with van der Waals surface area (Å²) in [4.78, 5) is 4.22. The third-order valence-electron chi connectivity index (χ3n) is 2.63. The van der Waals surface area contributed by atoms with Gasteiger partial charge in [0.05, 0.1) is 6.04 Å². The molecule has 1 heterocycles. The molecule has 1 atom stereocenters. The molecule has 5 heteroatoms. The van der Waals surface area contributed by atoms with Crippen LogP contribution in [0.4, 0.5) is 16.0 Å². The highest BCUT2D eigenvalue weighted by atomic mass is 19.1. The van der Waals surface area contributed by atoms with Crippen LogP contribution in [0.3, 0.4) is 0 Å². The summed E-state index contributed by atoms with van der Waals surface area (Å²) in [6.07, 6.45) is 0. The van der Waals surface area contributed by atoms with Crippen molar-refractivity contribution < 1.29 is 4.39 Å². The average Bonchev–Trinajstić information content (AvgIpc) is 2.39. The van der Waals surface area contributed by atoms with Gasteiger partial charge in [0.1, 0.15) is 17.5 Å². The lowest BCUT2D eigenvalue weighted by atomic mass is 10.1. The molecule has 18 heavy (non-hydrogen) atoms. The van der Waals surface area contributed by atoms with Gasteiger partial charge in [0, 0.05) is 5.56 Å². The molecule has 0 bridgehead atoms. The second-order valence-electron chi connectivity index (χ2n) is 3.94. The first-order chi connectivity index (χ1) is 8.70. The molecule has 94 valence electrons. The molecule has 0 fully saturated rings. The molecule has 0 aliphatic heterocycles. The summed E-state index contributed by atoms with van der Waals surface area (Å²) in [6.45, 7) is 1.88. The average molecular weight is 246 g/mol. The normalized spacial score (nSPS) is 11.9. The van der Waals surface area contributed by atoms with Crippen LogP contribution in [0.5, 0.6) is 0 Å². The molecule has 2 aromatic rings. The van der Waals surface area contributed by atoms with Crippen molar-refractivity contribution in [1.82, 2.24) is 4.98 Å². The summed E-state index contributed by atoms with van der Waals surface area (Å²) in [5.41, 5.74) is 3.07. The van der Waals surface area contributed by atoms with Crippen molar-refractivity contribution >= 4 is 11.6 Å². The number of anilines is 2. The van der Waals surface area contributed by atoms with Crippen molar-refractivity contribution in [2.24, 2.45) is 5.84 Å². The Balaban J connectivity index is 2.16. The van der Waals surface area contributed by atoms with E-state index in [1.54, 1.807) is 24.3 Å². The van der Waals surface area contributed by atoms with Gasteiger partial charge >= 0.3 is 0 Å². The molecule has 0 saturated carbocycles. The first-order valence-electron chi connectivity index (χ1n) is 5.65. The molecular formula is C13H15FN4. The number of rotatable bonds is 4. The number of hydrogen-bond acceptors (Lipinski definition) is 4. The molecule has 0 radical (unpaired) electrons. The van der Waals surface area contributed by atoms with E-state index in [9.17, 15) is 4.39 Å². The predicted molar refractivity (Wildman–Crippen MR) is 70.5 cm³/mol. The van der Waals surface area contributed by atoms with Crippen LogP contribution in [0, 0.1) is 5.82 Å². The summed E-state index contributed by atoms with van der Waals surface area (Å²) < 4.78 is 13.6. The van der Waals surface area contributed by atoms with Gasteiger partial charge in [0.2, 0.25) is 0 Å². The van der Waals surface area contributed by atoms with E-state index < -0.39 is 0 Å². The van der Waals surface area contributed by atoms with Crippen molar-refractivity contribution in [2.75, 3.05) is 10.7 Å². The van der Waals surface area contributed by atoms with Gasteiger partial charge in [-0.25, -0.2) is 15.2 Å². The van der Waals surface area contributed by atoms with Gasteiger partial charge in [0.15, 0.2) is 0 Å². The number of hydrazine groups is 1. The zero-order chi connectivity index (χ0) is 13.0. The van der Waals surface area contributed by atoms with Gasteiger partial charge in [0.25, 0.3) is 0 Å². The third kappa shape index (κ3) is 2.75. The fourth-order valence-corrected chi connectivity index (χ4v) is 1.72. The molecule has 1 aromatic carbocycles. The van der Waals surface area contributed by atoms with Crippen LogP contribution < -0.4 is 16.6 Å². The molecule has 0 amide bonds. The molecule has 4 nitrogen and oxygen atoms in total. The summed E-state index contributed by atoms with van der Waals surface area (Å²) >= 11 is 0. The summed E-state index contributed by atoms with van der Waals surface area (Å²) in [5, 5.41) is 3.13. The smallest absolute Gasteiger partial charge is 0.142 e. The summed E-state index contributed by atoms with van der Waals surface area (Å²) in [5.74, 6) is 6.25. The van der Waals surface area contributed by atoms with Gasteiger partial charge in [-0.2, -0.15) is 0 Å². The summed E-state index contributed by atoms with van der Waals surface area (Å²) in [6, 6.07) is 11.9. The highest BCUT2D eigenvalue weighted by Gasteiger charge is 2.10. The minimum absolute atomic E-state index is 0.174. The SMILES string of the molecule is CC(Nc1cccc(NN)n1)c1ccccc1F. The number of nitrogen functional groups attached to an aromatic ring is 1. The Morgan fingerprint density at radius 1 is 1.11 bits per heavy atom. The minimum Gasteiger partial charge on any atom is -0.363 e. The number of hydrogen-bond donors (Lipinski definition) is 3. The Labute approximate surface area is 105 Å². The minimum atomic E-state index is -0.231. The number of aromatic nitrogens is 1. The highest BCUT2D eigenvalue weighted by molar-refractivity contribution is 5.45. The molecule has 1 aromatic heterocycles. The maximum Gasteiger partial charge on any atom is 0.142 e. The molecule has 0 aliphatic rings. The Hall–Kier alpha value is -2.14. The number of halogens is 1. The van der Waals surface area contributed by atoms with E-state index in [-0.39, 0.29) is 11.9 Å². The van der Waals surface area contributed by atoms with Crippen LogP contribution in [0.25, 0.3) is 0 Å². The van der Waals surface area contributed by atoms with Gasteiger partial charge in [-0.05, 0) is 25.1 Å². The van der Waals surface area contributed by atoms with Gasteiger partial charge < -0.3 is 10.7 Å². The maximum atomic E-state index is 13.6. The number of nitrogens with two attached hydrogens (primary N) is 1. The molecule has 0 aliphatic carbocycles. The third-order valence-corrected chi connectivity index (χ3v) is 2.63. The Morgan fingerprint density at radius 3 is 2.56 bits per heavy atom. The number of benzene rings is 1. The van der Waals surface area contributed by atoms with Crippen LogP contribution in [0.15, 0.2) is 42.5 Å². The Kier molecular flexibility index (Phi) is 3.74. The second-order valence-corrected chi connectivity index (χ2v) is 3.94. The second kappa shape index (κ2) is 5.46. The molecule has 0 saturated heterocycles. The topological polar surface area (TPSA) is 63.0 Å². The lowest BCUT2D eigenvalue weighted by Gasteiger charge is -2.16. The predicted octanol–water partition coefficient (Wildman–Crippen LogP) is 2.68. The van der Waals surface area contributed by atoms with Crippen LogP contribution in [0.2, 0.25) is 0 Å². The van der Waals surface area contributed by atoms with E-state index >= 15 is 0 Å². The standard InChI is InChI=1S/C13H15FN4/c1-9(10-5-2-3-6-11(10)14)16-12-7-4-8-13(17-12)18-15/h2-9H,15H2,1H3,(H2,16,17,18). The Bertz CT molecular complexity index is 530. The monoisotopic (exact) mass is 246 g/mol. The van der Waals surface area contributed by atoms with E-state index in [4.69, 9.17) is 5.84 Å². The fraction of sp³-hybridized carbons (Fsp3) is 0.154. The molecule has 2 rings (SSSR count). The Morgan fingerprint density at radius 2 is 1.83 bits per heavy atom. The van der Waals surface area contributed by atoms with E-state index in [1.807, 2.05) is 19.1 Å². The summed E-state index contributed by atoms with van der Waals surface area (Å²) in [7, 11) is 0. The van der Waals surface area contributed by atoms with E-state index in [0.717, 1.165) is 0 Å². The van der Waals surface area contributed by atoms with Gasteiger partial charge in [-0.15, -0.1) is 0 Å². The maximum absolute atomic E-state index is 13.6. The van der Waals surface area contributed by atoms with Crippen molar-refractivity contribution in [2.45, 2.75) is 13.0 Å². The van der Waals surface area contributed by atoms with E-state index in [1.165, 1.54) is 6.07 Å². The zero-order valence-corrected chi connectivity index (χ0v) is 10.0. The van der Waals surface area contributed by atoms with Crippen molar-refractivity contribution in [3.8, 4) is 0 Å². The largest absolute Gasteiger partial charge is 0.363 e. The van der Waals surface area contributed by atoms with E-state index in [0.29, 0.717) is 17.2 Å². The van der Waals surface area contributed by atoms with Crippen molar-refractivity contribution in [3.05, 3.63) is 53.8 Å². The first-order valence-corrected chi connectivity index (χ1v) is 5.65. The number of nitrogens with zero attached hydrogens (tertiary/aromatic N) is 1. The number of pyridine rings is 1. The molecule has 1 unspecified atom stereocenters. The van der Waals surface area contributed by atoms with Gasteiger partial charge in [-0.3, -0.25) is 0 Å².